The summed E-state index contributed by atoms with van der Waals surface area (Å²) in [5.41, 5.74) is -4.31. The Morgan fingerprint density at radius 2 is 2.08 bits per heavy atom. The lowest BCUT2D eigenvalue weighted by atomic mass is 10.5. The molecule has 0 aliphatic heterocycles. The van der Waals surface area contributed by atoms with E-state index < -0.39 is 5.51 Å². The Balaban J connectivity index is 2.83. The predicted octanol–water partition coefficient (Wildman–Crippen LogP) is 3.35. The number of hydrogen-bond donors (Lipinski definition) is 0. The molecule has 1 heterocycles. The van der Waals surface area contributed by atoms with E-state index in [0.717, 1.165) is 6.20 Å². The Morgan fingerprint density at radius 1 is 1.42 bits per heavy atom. The molecule has 1 nitrogen and oxygen atoms in total. The predicted molar refractivity (Wildman–Crippen MR) is 41.2 cm³/mol. The lowest BCUT2D eigenvalue weighted by Crippen LogP contribution is -1.99. The average Bonchev–Trinajstić information content (AvgIpc) is 1.91. The Kier molecular flexibility index (Phi) is 2.85. The first-order valence-electron chi connectivity index (χ1n) is 2.84. The van der Waals surface area contributed by atoms with E-state index >= 15 is 0 Å². The van der Waals surface area contributed by atoms with Gasteiger partial charge in [0, 0.05) is 12.4 Å². The van der Waals surface area contributed by atoms with Gasteiger partial charge in [0.05, 0.1) is 9.92 Å². The molecule has 0 spiro atoms. The summed E-state index contributed by atoms with van der Waals surface area (Å²) in [5, 5.41) is 0.0623. The molecule has 0 saturated carbocycles. The molecule has 1 aromatic heterocycles. The third-order valence-corrected chi connectivity index (χ3v) is 2.18. The number of rotatable bonds is 1. The minimum absolute atomic E-state index is 0.0623. The van der Waals surface area contributed by atoms with Gasteiger partial charge in [0.2, 0.25) is 0 Å². The number of halogens is 4. The second-order valence-corrected chi connectivity index (χ2v) is 3.37. The number of thioether (sulfide) groups is 1. The maximum Gasteiger partial charge on any atom is 0.446 e. The van der Waals surface area contributed by atoms with Crippen molar-refractivity contribution in [3.8, 4) is 0 Å². The van der Waals surface area contributed by atoms with Gasteiger partial charge in [0.15, 0.2) is 0 Å². The molecule has 0 aliphatic rings. The summed E-state index contributed by atoms with van der Waals surface area (Å²) < 4.78 is 35.4. The van der Waals surface area contributed by atoms with E-state index in [-0.39, 0.29) is 21.7 Å². The zero-order chi connectivity index (χ0) is 9.19. The van der Waals surface area contributed by atoms with Gasteiger partial charge < -0.3 is 0 Å². The molecular formula is C6H3ClF3NS. The molecule has 0 N–H and O–H groups in total. The highest BCUT2D eigenvalue weighted by atomic mass is 35.5. The van der Waals surface area contributed by atoms with E-state index in [4.69, 9.17) is 11.6 Å². The molecule has 0 amide bonds. The lowest BCUT2D eigenvalue weighted by Gasteiger charge is -2.05. The van der Waals surface area contributed by atoms with Crippen molar-refractivity contribution in [1.82, 2.24) is 4.98 Å². The van der Waals surface area contributed by atoms with Crippen LogP contribution in [0, 0.1) is 0 Å². The van der Waals surface area contributed by atoms with Gasteiger partial charge in [-0.2, -0.15) is 13.2 Å². The average molecular weight is 214 g/mol. The van der Waals surface area contributed by atoms with Crippen molar-refractivity contribution in [2.75, 3.05) is 0 Å². The van der Waals surface area contributed by atoms with Crippen molar-refractivity contribution in [2.24, 2.45) is 0 Å². The fourth-order valence-corrected chi connectivity index (χ4v) is 1.31. The van der Waals surface area contributed by atoms with Crippen molar-refractivity contribution in [2.45, 2.75) is 10.4 Å². The Bertz CT molecular complexity index is 276. The van der Waals surface area contributed by atoms with Crippen molar-refractivity contribution in [3.63, 3.8) is 0 Å². The summed E-state index contributed by atoms with van der Waals surface area (Å²) in [6.45, 7) is 0. The highest BCUT2D eigenvalue weighted by Gasteiger charge is 2.30. The van der Waals surface area contributed by atoms with Gasteiger partial charge in [0.1, 0.15) is 0 Å². The van der Waals surface area contributed by atoms with E-state index in [1.54, 1.807) is 0 Å². The van der Waals surface area contributed by atoms with Crippen LogP contribution in [0.2, 0.25) is 5.02 Å². The minimum Gasteiger partial charge on any atom is -0.263 e. The first-order chi connectivity index (χ1) is 5.49. The highest BCUT2D eigenvalue weighted by molar-refractivity contribution is 8.00. The topological polar surface area (TPSA) is 12.9 Å². The summed E-state index contributed by atoms with van der Waals surface area (Å²) in [6, 6.07) is 1.32. The van der Waals surface area contributed by atoms with E-state index in [1.807, 2.05) is 0 Å². The first-order valence-corrected chi connectivity index (χ1v) is 4.04. The van der Waals surface area contributed by atoms with Crippen molar-refractivity contribution in [3.05, 3.63) is 23.5 Å². The largest absolute Gasteiger partial charge is 0.446 e. The normalized spacial score (nSPS) is 11.7. The maximum absolute atomic E-state index is 11.8. The van der Waals surface area contributed by atoms with Crippen LogP contribution in [0.25, 0.3) is 0 Å². The van der Waals surface area contributed by atoms with Gasteiger partial charge in [0.25, 0.3) is 0 Å². The van der Waals surface area contributed by atoms with Gasteiger partial charge >= 0.3 is 5.51 Å². The lowest BCUT2D eigenvalue weighted by molar-refractivity contribution is -0.0328. The van der Waals surface area contributed by atoms with E-state index in [2.05, 4.69) is 4.98 Å². The molecule has 0 bridgehead atoms. The van der Waals surface area contributed by atoms with Crippen LogP contribution in [0.15, 0.2) is 23.4 Å². The number of hydrogen-bond acceptors (Lipinski definition) is 2. The Hall–Kier alpha value is -0.420. The zero-order valence-corrected chi connectivity index (χ0v) is 7.17. The van der Waals surface area contributed by atoms with Crippen LogP contribution in [0.1, 0.15) is 0 Å². The molecule has 1 rings (SSSR count). The van der Waals surface area contributed by atoms with Crippen molar-refractivity contribution in [1.29, 1.82) is 0 Å². The van der Waals surface area contributed by atoms with Gasteiger partial charge in [-0.15, -0.1) is 0 Å². The second-order valence-electron chi connectivity index (χ2n) is 1.85. The number of pyridine rings is 1. The van der Waals surface area contributed by atoms with Gasteiger partial charge in [-0.1, -0.05) is 11.6 Å². The molecule has 0 unspecified atom stereocenters. The first kappa shape index (κ1) is 9.67. The zero-order valence-electron chi connectivity index (χ0n) is 5.60. The summed E-state index contributed by atoms with van der Waals surface area (Å²) in [5.74, 6) is 0. The van der Waals surface area contributed by atoms with Gasteiger partial charge in [-0.3, -0.25) is 4.98 Å². The van der Waals surface area contributed by atoms with Crippen LogP contribution < -0.4 is 0 Å². The fraction of sp³-hybridized carbons (Fsp3) is 0.167. The molecule has 0 saturated heterocycles. The Labute approximate surface area is 75.9 Å². The molecule has 0 aliphatic carbocycles. The van der Waals surface area contributed by atoms with Crippen molar-refractivity contribution >= 4 is 23.4 Å². The van der Waals surface area contributed by atoms with Crippen LogP contribution in [-0.4, -0.2) is 10.5 Å². The molecule has 12 heavy (non-hydrogen) atoms. The summed E-state index contributed by atoms with van der Waals surface area (Å²) in [6.07, 6.45) is 2.42. The molecule has 6 heteroatoms. The van der Waals surface area contributed by atoms with Crippen molar-refractivity contribution < 1.29 is 13.2 Å². The molecule has 66 valence electrons. The van der Waals surface area contributed by atoms with Crippen LogP contribution in [0.3, 0.4) is 0 Å². The number of alkyl halides is 3. The molecule has 0 fully saturated rings. The summed E-state index contributed by atoms with van der Waals surface area (Å²) >= 11 is 5.20. The summed E-state index contributed by atoms with van der Waals surface area (Å²) in [7, 11) is 0. The molecule has 0 radical (unpaired) electrons. The highest BCUT2D eigenvalue weighted by Crippen LogP contribution is 2.39. The van der Waals surface area contributed by atoms with E-state index in [1.165, 1.54) is 12.3 Å². The van der Waals surface area contributed by atoms with Gasteiger partial charge in [-0.05, 0) is 17.8 Å². The third-order valence-electron chi connectivity index (χ3n) is 0.960. The van der Waals surface area contributed by atoms with E-state index in [9.17, 15) is 13.2 Å². The fourth-order valence-electron chi connectivity index (χ4n) is 0.563. The van der Waals surface area contributed by atoms with Gasteiger partial charge in [-0.25, -0.2) is 0 Å². The Morgan fingerprint density at radius 3 is 2.58 bits per heavy atom. The SMILES string of the molecule is FC(F)(F)Sc1cnccc1Cl. The third kappa shape index (κ3) is 2.91. The van der Waals surface area contributed by atoms with Crippen LogP contribution in [0.5, 0.6) is 0 Å². The minimum atomic E-state index is -4.31. The van der Waals surface area contributed by atoms with Crippen LogP contribution >= 0.6 is 23.4 Å². The molecule has 0 aromatic carbocycles. The molecular weight excluding hydrogens is 211 g/mol. The van der Waals surface area contributed by atoms with Crippen LogP contribution in [0.4, 0.5) is 13.2 Å². The number of aromatic nitrogens is 1. The molecule has 1 aromatic rings. The van der Waals surface area contributed by atoms with Crippen LogP contribution in [-0.2, 0) is 0 Å². The molecule has 0 atom stereocenters. The smallest absolute Gasteiger partial charge is 0.263 e. The maximum atomic E-state index is 11.8. The quantitative estimate of drug-likeness (QED) is 0.664. The number of nitrogens with zero attached hydrogens (tertiary/aromatic N) is 1. The standard InChI is InChI=1S/C6H3ClF3NS/c7-4-1-2-11-3-5(4)12-6(8,9)10/h1-3H. The monoisotopic (exact) mass is 213 g/mol. The van der Waals surface area contributed by atoms with E-state index in [0.29, 0.717) is 0 Å². The second kappa shape index (κ2) is 3.53. The summed E-state index contributed by atoms with van der Waals surface area (Å²) in [4.78, 5) is 3.45.